The van der Waals surface area contributed by atoms with Gasteiger partial charge in [-0.1, -0.05) is 32.1 Å². The Morgan fingerprint density at radius 3 is 2.71 bits per heavy atom. The number of carbonyl (C=O) groups excluding carboxylic acids is 2. The summed E-state index contributed by atoms with van der Waals surface area (Å²) in [5, 5.41) is 3.08. The minimum Gasteiger partial charge on any atom is -0.493 e. The van der Waals surface area contributed by atoms with E-state index in [1.165, 1.54) is 11.1 Å². The van der Waals surface area contributed by atoms with Crippen LogP contribution >= 0.6 is 0 Å². The van der Waals surface area contributed by atoms with E-state index in [1.54, 1.807) is 21.1 Å². The van der Waals surface area contributed by atoms with Gasteiger partial charge in [-0.3, -0.25) is 4.79 Å². The minimum atomic E-state index is -0.970. The molecule has 7 rings (SSSR count). The number of benzene rings is 1. The molecule has 1 aromatic carbocycles. The van der Waals surface area contributed by atoms with Crippen LogP contribution in [0, 0.1) is 17.3 Å². The highest BCUT2D eigenvalue weighted by atomic mass is 16.6. The number of likely N-dealkylation sites (N-methyl/N-ethyl adjacent to an activating group) is 1. The summed E-state index contributed by atoms with van der Waals surface area (Å²) < 4.78 is 24.4. The molecule has 0 radical (unpaired) electrons. The Morgan fingerprint density at radius 1 is 1.24 bits per heavy atom. The summed E-state index contributed by atoms with van der Waals surface area (Å²) in [5.74, 6) is 0.664. The second-order valence-corrected chi connectivity index (χ2v) is 12.2. The Kier molecular flexibility index (Phi) is 5.89. The van der Waals surface area contributed by atoms with E-state index in [4.69, 9.17) is 18.9 Å². The summed E-state index contributed by atoms with van der Waals surface area (Å²) in [5.41, 5.74) is 0.983. The van der Waals surface area contributed by atoms with Crippen molar-refractivity contribution in [3.8, 4) is 11.5 Å². The summed E-state index contributed by atoms with van der Waals surface area (Å²) in [7, 11) is 5.55. The zero-order valence-electron chi connectivity index (χ0n) is 23.3. The maximum atomic E-state index is 14.2. The van der Waals surface area contributed by atoms with Crippen LogP contribution in [0.25, 0.3) is 0 Å². The van der Waals surface area contributed by atoms with E-state index in [-0.39, 0.29) is 47.4 Å². The van der Waals surface area contributed by atoms with Gasteiger partial charge < -0.3 is 29.2 Å². The van der Waals surface area contributed by atoms with Crippen LogP contribution in [0.5, 0.6) is 11.5 Å². The number of carbonyl (C=O) groups is 2. The van der Waals surface area contributed by atoms with Gasteiger partial charge in [-0.25, -0.2) is 4.79 Å². The number of fused-ring (bicyclic) bond motifs is 1. The number of hydrogen-bond donors (Lipinski definition) is 1. The number of methoxy groups -OCH3 is 2. The lowest BCUT2D eigenvalue weighted by molar-refractivity contribution is -0.214. The maximum Gasteiger partial charge on any atom is 0.328 e. The number of amides is 1. The third-order valence-electron chi connectivity index (χ3n) is 10.2. The second kappa shape index (κ2) is 8.71. The topological polar surface area (TPSA) is 86.3 Å². The highest BCUT2D eigenvalue weighted by Crippen LogP contribution is 2.74. The number of hydrogen-bond acceptors (Lipinski definition) is 7. The van der Waals surface area contributed by atoms with Crippen LogP contribution in [0.2, 0.25) is 0 Å². The average molecular weight is 525 g/mol. The first kappa shape index (κ1) is 25.7. The molecule has 1 N–H and O–H groups in total. The SMILES string of the molecule is CCOC(=O)[C@@H](CC(C)C)NC(=O)[C@@H]1C[C@@]23C=C[C@]1(OC)[C@H]1Oc4c(OC)ccc5c4[C@@]12CCN(C)[C@@H]3C5. The molecule has 2 spiro atoms. The number of nitrogens with zero attached hydrogens (tertiary/aromatic N) is 1. The third-order valence-corrected chi connectivity index (χ3v) is 10.2. The predicted molar refractivity (Wildman–Crippen MR) is 141 cm³/mol. The molecule has 0 aromatic heterocycles. The van der Waals surface area contributed by atoms with Gasteiger partial charge in [0.25, 0.3) is 0 Å². The Bertz CT molecular complexity index is 1200. The van der Waals surface area contributed by atoms with Crippen molar-refractivity contribution in [1.29, 1.82) is 0 Å². The first-order valence-electron chi connectivity index (χ1n) is 14.0. The molecule has 1 amide bonds. The summed E-state index contributed by atoms with van der Waals surface area (Å²) in [6.45, 7) is 7.08. The maximum absolute atomic E-state index is 14.2. The third kappa shape index (κ3) is 3.04. The molecule has 1 saturated heterocycles. The van der Waals surface area contributed by atoms with Crippen LogP contribution in [0.1, 0.15) is 51.2 Å². The Hall–Kier alpha value is -2.58. The predicted octanol–water partition coefficient (Wildman–Crippen LogP) is 3.01. The summed E-state index contributed by atoms with van der Waals surface area (Å²) in [6.07, 6.45) is 7.02. The van der Waals surface area contributed by atoms with Crippen molar-refractivity contribution < 1.29 is 28.5 Å². The molecular weight excluding hydrogens is 484 g/mol. The Morgan fingerprint density at radius 2 is 2.03 bits per heavy atom. The number of nitrogens with one attached hydrogen (secondary N) is 1. The lowest BCUT2D eigenvalue weighted by Crippen LogP contribution is -2.80. The number of piperidine rings is 1. The number of ether oxygens (including phenoxy) is 4. The molecule has 2 fully saturated rings. The smallest absolute Gasteiger partial charge is 0.328 e. The fraction of sp³-hybridized carbons (Fsp3) is 0.667. The molecule has 206 valence electrons. The molecule has 6 aliphatic rings. The molecule has 0 unspecified atom stereocenters. The number of likely N-dealkylation sites (tertiary alicyclic amines) is 1. The molecule has 2 aliphatic heterocycles. The standard InChI is InChI=1S/C30H40N2O6/c1-7-37-26(34)20(14-17(2)3)31-25(33)19-16-28-10-11-30(19,36-6)27-29(28)12-13-32(4)22(28)15-18-8-9-21(35-5)24(38-27)23(18)29/h8-11,17,19-20,22,27H,7,12-16H2,1-6H3,(H,31,33)/t19-,20+,22+,27-,28+,29-,30+/m0/s1. The highest BCUT2D eigenvalue weighted by molar-refractivity contribution is 5.88. The second-order valence-electron chi connectivity index (χ2n) is 12.2. The van der Waals surface area contributed by atoms with Gasteiger partial charge >= 0.3 is 5.97 Å². The largest absolute Gasteiger partial charge is 0.493 e. The van der Waals surface area contributed by atoms with Gasteiger partial charge in [0.05, 0.1) is 25.0 Å². The summed E-state index contributed by atoms with van der Waals surface area (Å²) in [4.78, 5) is 29.4. The Balaban J connectivity index is 1.46. The molecule has 4 bridgehead atoms. The molecular formula is C30H40N2O6. The normalized spacial score (nSPS) is 36.4. The lowest BCUT2D eigenvalue weighted by atomic mass is 9.37. The molecule has 1 aromatic rings. The van der Waals surface area contributed by atoms with E-state index in [2.05, 4.69) is 35.5 Å². The van der Waals surface area contributed by atoms with Gasteiger partial charge in [-0.05, 0) is 63.7 Å². The van der Waals surface area contributed by atoms with Crippen molar-refractivity contribution in [3.63, 3.8) is 0 Å². The number of esters is 1. The molecule has 4 aliphatic carbocycles. The van der Waals surface area contributed by atoms with Gasteiger partial charge in [0.2, 0.25) is 5.91 Å². The minimum absolute atomic E-state index is 0.179. The van der Waals surface area contributed by atoms with Crippen LogP contribution < -0.4 is 14.8 Å². The van der Waals surface area contributed by atoms with E-state index in [9.17, 15) is 9.59 Å². The van der Waals surface area contributed by atoms with E-state index in [1.807, 2.05) is 19.9 Å². The van der Waals surface area contributed by atoms with Gasteiger partial charge in [-0.15, -0.1) is 0 Å². The number of rotatable bonds is 8. The summed E-state index contributed by atoms with van der Waals surface area (Å²) in [6, 6.07) is 3.72. The van der Waals surface area contributed by atoms with Crippen LogP contribution in [0.4, 0.5) is 0 Å². The van der Waals surface area contributed by atoms with Crippen molar-refractivity contribution in [3.05, 3.63) is 35.4 Å². The zero-order chi connectivity index (χ0) is 27.0. The average Bonchev–Trinajstić information content (AvgIpc) is 3.27. The highest BCUT2D eigenvalue weighted by Gasteiger charge is 2.79. The van der Waals surface area contributed by atoms with Gasteiger partial charge in [0, 0.05) is 24.1 Å². The van der Waals surface area contributed by atoms with Crippen LogP contribution in [0.3, 0.4) is 0 Å². The quantitative estimate of drug-likeness (QED) is 0.413. The van der Waals surface area contributed by atoms with Crippen molar-refractivity contribution >= 4 is 11.9 Å². The van der Waals surface area contributed by atoms with Crippen LogP contribution in [-0.2, 0) is 30.9 Å². The first-order valence-corrected chi connectivity index (χ1v) is 14.0. The van der Waals surface area contributed by atoms with Crippen molar-refractivity contribution in [1.82, 2.24) is 10.2 Å². The van der Waals surface area contributed by atoms with Gasteiger partial charge in [0.1, 0.15) is 17.7 Å². The van der Waals surface area contributed by atoms with E-state index in [0.29, 0.717) is 12.8 Å². The fourth-order valence-corrected chi connectivity index (χ4v) is 8.70. The van der Waals surface area contributed by atoms with Crippen LogP contribution in [0.15, 0.2) is 24.3 Å². The molecule has 7 atom stereocenters. The van der Waals surface area contributed by atoms with Gasteiger partial charge in [-0.2, -0.15) is 0 Å². The van der Waals surface area contributed by atoms with E-state index < -0.39 is 17.6 Å². The molecule has 2 heterocycles. The zero-order valence-corrected chi connectivity index (χ0v) is 23.3. The lowest BCUT2D eigenvalue weighted by Gasteiger charge is -2.70. The van der Waals surface area contributed by atoms with Crippen molar-refractivity contribution in [2.45, 2.75) is 75.7 Å². The molecule has 38 heavy (non-hydrogen) atoms. The first-order chi connectivity index (χ1) is 18.2. The van der Waals surface area contributed by atoms with Crippen molar-refractivity contribution in [2.24, 2.45) is 17.3 Å². The molecule has 1 saturated carbocycles. The Labute approximate surface area is 225 Å². The van der Waals surface area contributed by atoms with Gasteiger partial charge in [0.15, 0.2) is 11.5 Å². The monoisotopic (exact) mass is 524 g/mol. The molecule has 8 nitrogen and oxygen atoms in total. The van der Waals surface area contributed by atoms with E-state index in [0.717, 1.165) is 30.9 Å². The van der Waals surface area contributed by atoms with Crippen LogP contribution in [-0.4, -0.2) is 75.0 Å². The van der Waals surface area contributed by atoms with Crippen molar-refractivity contribution in [2.75, 3.05) is 34.4 Å². The fourth-order valence-electron chi connectivity index (χ4n) is 8.70. The summed E-state index contributed by atoms with van der Waals surface area (Å²) >= 11 is 0. The van der Waals surface area contributed by atoms with E-state index >= 15 is 0 Å². The molecule has 8 heteroatoms.